The van der Waals surface area contributed by atoms with Crippen LogP contribution in [0.25, 0.3) is 0 Å². The van der Waals surface area contributed by atoms with Gasteiger partial charge in [0.25, 0.3) is 0 Å². The van der Waals surface area contributed by atoms with Crippen molar-refractivity contribution in [2.75, 3.05) is 18.0 Å². The maximum atomic E-state index is 5.54. The fourth-order valence-electron chi connectivity index (χ4n) is 2.48. The molecule has 2 nitrogen and oxygen atoms in total. The van der Waals surface area contributed by atoms with Crippen molar-refractivity contribution in [1.29, 1.82) is 0 Å². The number of hydrogen-bond donors (Lipinski definition) is 1. The van der Waals surface area contributed by atoms with Crippen LogP contribution in [0, 0.1) is 0 Å². The standard InChI is InChI=1S/C14H22N2/c1-11(2)16-9-7-13-10-12(4-3-8-15)5-6-14(13)16/h5-6,10-11H,3-4,7-9,15H2,1-2H3. The fourth-order valence-corrected chi connectivity index (χ4v) is 2.48. The SMILES string of the molecule is CC(C)N1CCc2cc(CCCN)ccc21. The van der Waals surface area contributed by atoms with Gasteiger partial charge in [0, 0.05) is 18.3 Å². The van der Waals surface area contributed by atoms with Crippen LogP contribution < -0.4 is 10.6 Å². The van der Waals surface area contributed by atoms with Gasteiger partial charge in [0.15, 0.2) is 0 Å². The van der Waals surface area contributed by atoms with Crippen molar-refractivity contribution < 1.29 is 0 Å². The zero-order valence-corrected chi connectivity index (χ0v) is 10.4. The molecule has 2 rings (SSSR count). The average molecular weight is 218 g/mol. The van der Waals surface area contributed by atoms with Crippen molar-refractivity contribution in [3.63, 3.8) is 0 Å². The lowest BCUT2D eigenvalue weighted by atomic mass is 10.0. The van der Waals surface area contributed by atoms with E-state index in [1.807, 2.05) is 0 Å². The zero-order valence-electron chi connectivity index (χ0n) is 10.4. The van der Waals surface area contributed by atoms with Crippen molar-refractivity contribution in [2.24, 2.45) is 5.73 Å². The van der Waals surface area contributed by atoms with E-state index >= 15 is 0 Å². The normalized spacial score (nSPS) is 14.6. The number of nitrogens with two attached hydrogens (primary N) is 1. The molecule has 16 heavy (non-hydrogen) atoms. The molecule has 0 bridgehead atoms. The Balaban J connectivity index is 2.16. The number of benzene rings is 1. The molecule has 0 spiro atoms. The molecule has 1 aliphatic rings. The van der Waals surface area contributed by atoms with Gasteiger partial charge in [-0.25, -0.2) is 0 Å². The third kappa shape index (κ3) is 2.22. The lowest BCUT2D eigenvalue weighted by Gasteiger charge is -2.24. The molecule has 2 heteroatoms. The Labute approximate surface area is 98.4 Å². The maximum Gasteiger partial charge on any atom is 0.0402 e. The highest BCUT2D eigenvalue weighted by Gasteiger charge is 2.20. The quantitative estimate of drug-likeness (QED) is 0.840. The number of fused-ring (bicyclic) bond motifs is 1. The van der Waals surface area contributed by atoms with Crippen LogP contribution in [-0.2, 0) is 12.8 Å². The second kappa shape index (κ2) is 4.88. The third-order valence-corrected chi connectivity index (χ3v) is 3.37. The second-order valence-corrected chi connectivity index (χ2v) is 4.89. The molecular formula is C14H22N2. The molecular weight excluding hydrogens is 196 g/mol. The number of anilines is 1. The van der Waals surface area contributed by atoms with Crippen LogP contribution >= 0.6 is 0 Å². The van der Waals surface area contributed by atoms with E-state index in [2.05, 4.69) is 36.9 Å². The van der Waals surface area contributed by atoms with Crippen LogP contribution in [0.2, 0.25) is 0 Å². The topological polar surface area (TPSA) is 29.3 Å². The summed E-state index contributed by atoms with van der Waals surface area (Å²) < 4.78 is 0. The van der Waals surface area contributed by atoms with Gasteiger partial charge in [-0.3, -0.25) is 0 Å². The van der Waals surface area contributed by atoms with Gasteiger partial charge in [0.2, 0.25) is 0 Å². The fraction of sp³-hybridized carbons (Fsp3) is 0.571. The Morgan fingerprint density at radius 1 is 1.38 bits per heavy atom. The van der Waals surface area contributed by atoms with E-state index < -0.39 is 0 Å². The Kier molecular flexibility index (Phi) is 3.49. The van der Waals surface area contributed by atoms with Crippen LogP contribution in [0.15, 0.2) is 18.2 Å². The minimum atomic E-state index is 0.608. The van der Waals surface area contributed by atoms with E-state index in [9.17, 15) is 0 Å². The van der Waals surface area contributed by atoms with Crippen LogP contribution in [0.1, 0.15) is 31.4 Å². The van der Waals surface area contributed by atoms with Crippen LogP contribution in [0.4, 0.5) is 5.69 Å². The smallest absolute Gasteiger partial charge is 0.0402 e. The largest absolute Gasteiger partial charge is 0.369 e. The average Bonchev–Trinajstić information content (AvgIpc) is 2.69. The number of hydrogen-bond acceptors (Lipinski definition) is 2. The molecule has 0 saturated heterocycles. The van der Waals surface area contributed by atoms with Gasteiger partial charge >= 0.3 is 0 Å². The van der Waals surface area contributed by atoms with Gasteiger partial charge in [-0.2, -0.15) is 0 Å². The highest BCUT2D eigenvalue weighted by atomic mass is 15.2. The molecule has 0 amide bonds. The van der Waals surface area contributed by atoms with Crippen molar-refractivity contribution >= 4 is 5.69 Å². The highest BCUT2D eigenvalue weighted by molar-refractivity contribution is 5.59. The van der Waals surface area contributed by atoms with Crippen LogP contribution in [0.5, 0.6) is 0 Å². The van der Waals surface area contributed by atoms with E-state index in [1.54, 1.807) is 0 Å². The summed E-state index contributed by atoms with van der Waals surface area (Å²) in [5, 5.41) is 0. The first-order chi connectivity index (χ1) is 7.72. The van der Waals surface area contributed by atoms with Crippen LogP contribution in [-0.4, -0.2) is 19.1 Å². The monoisotopic (exact) mass is 218 g/mol. The maximum absolute atomic E-state index is 5.54. The van der Waals surface area contributed by atoms with Gasteiger partial charge in [-0.1, -0.05) is 12.1 Å². The molecule has 0 radical (unpaired) electrons. The van der Waals surface area contributed by atoms with Crippen molar-refractivity contribution in [3.8, 4) is 0 Å². The summed E-state index contributed by atoms with van der Waals surface area (Å²) in [7, 11) is 0. The lowest BCUT2D eigenvalue weighted by molar-refractivity contribution is 0.710. The summed E-state index contributed by atoms with van der Waals surface area (Å²) in [4.78, 5) is 2.49. The van der Waals surface area contributed by atoms with E-state index in [0.29, 0.717) is 6.04 Å². The molecule has 1 aromatic carbocycles. The molecule has 0 saturated carbocycles. The van der Waals surface area contributed by atoms with E-state index in [0.717, 1.165) is 19.4 Å². The van der Waals surface area contributed by atoms with Gasteiger partial charge in [0.05, 0.1) is 0 Å². The van der Waals surface area contributed by atoms with E-state index in [1.165, 1.54) is 29.8 Å². The predicted molar refractivity (Wildman–Crippen MR) is 70.0 cm³/mol. The van der Waals surface area contributed by atoms with Gasteiger partial charge in [0.1, 0.15) is 0 Å². The van der Waals surface area contributed by atoms with Gasteiger partial charge in [-0.05, 0) is 56.8 Å². The summed E-state index contributed by atoms with van der Waals surface area (Å²) in [5.74, 6) is 0. The minimum Gasteiger partial charge on any atom is -0.369 e. The zero-order chi connectivity index (χ0) is 11.5. The van der Waals surface area contributed by atoms with E-state index in [-0.39, 0.29) is 0 Å². The number of nitrogens with zero attached hydrogens (tertiary/aromatic N) is 1. The minimum absolute atomic E-state index is 0.608. The molecule has 0 unspecified atom stereocenters. The van der Waals surface area contributed by atoms with E-state index in [4.69, 9.17) is 5.73 Å². The molecule has 1 aromatic rings. The molecule has 2 N–H and O–H groups in total. The van der Waals surface area contributed by atoms with Crippen molar-refractivity contribution in [3.05, 3.63) is 29.3 Å². The molecule has 0 atom stereocenters. The molecule has 0 aromatic heterocycles. The summed E-state index contributed by atoms with van der Waals surface area (Å²) in [5.41, 5.74) is 9.94. The first-order valence-corrected chi connectivity index (χ1v) is 6.31. The molecule has 88 valence electrons. The number of rotatable bonds is 4. The lowest BCUT2D eigenvalue weighted by Crippen LogP contribution is -2.28. The molecule has 0 fully saturated rings. The summed E-state index contributed by atoms with van der Waals surface area (Å²) in [6.45, 7) is 6.48. The first kappa shape index (κ1) is 11.5. The van der Waals surface area contributed by atoms with Crippen molar-refractivity contribution in [2.45, 2.75) is 39.2 Å². The summed E-state index contributed by atoms with van der Waals surface area (Å²) in [6, 6.07) is 7.52. The van der Waals surface area contributed by atoms with Crippen molar-refractivity contribution in [1.82, 2.24) is 0 Å². The second-order valence-electron chi connectivity index (χ2n) is 4.89. The Bertz CT molecular complexity index is 358. The summed E-state index contributed by atoms with van der Waals surface area (Å²) in [6.07, 6.45) is 3.40. The van der Waals surface area contributed by atoms with Crippen LogP contribution in [0.3, 0.4) is 0 Å². The molecule has 1 aliphatic heterocycles. The third-order valence-electron chi connectivity index (χ3n) is 3.37. The van der Waals surface area contributed by atoms with Gasteiger partial charge in [-0.15, -0.1) is 0 Å². The first-order valence-electron chi connectivity index (χ1n) is 6.31. The Morgan fingerprint density at radius 2 is 2.19 bits per heavy atom. The predicted octanol–water partition coefficient (Wildman–Crippen LogP) is 2.35. The Morgan fingerprint density at radius 3 is 2.88 bits per heavy atom. The molecule has 0 aliphatic carbocycles. The number of aryl methyl sites for hydroxylation is 1. The molecule has 1 heterocycles. The summed E-state index contributed by atoms with van der Waals surface area (Å²) >= 11 is 0. The highest BCUT2D eigenvalue weighted by Crippen LogP contribution is 2.30. The Hall–Kier alpha value is -1.02. The van der Waals surface area contributed by atoms with Gasteiger partial charge < -0.3 is 10.6 Å².